The number of aromatic nitrogens is 3. The van der Waals surface area contributed by atoms with Crippen LogP contribution in [0.5, 0.6) is 0 Å². The summed E-state index contributed by atoms with van der Waals surface area (Å²) in [5, 5.41) is 7.44. The summed E-state index contributed by atoms with van der Waals surface area (Å²) in [7, 11) is 0. The molecule has 0 bridgehead atoms. The normalized spacial score (nSPS) is 14.3. The molecule has 0 aliphatic heterocycles. The van der Waals surface area contributed by atoms with Gasteiger partial charge in [-0.3, -0.25) is 9.48 Å². The molecule has 0 saturated heterocycles. The van der Waals surface area contributed by atoms with Crippen molar-refractivity contribution >= 4 is 28.4 Å². The summed E-state index contributed by atoms with van der Waals surface area (Å²) >= 11 is 5.97. The van der Waals surface area contributed by atoms with Crippen molar-refractivity contribution in [3.8, 4) is 0 Å². The molecule has 1 fully saturated rings. The third kappa shape index (κ3) is 5.06. The molecule has 1 aliphatic rings. The molecule has 1 aliphatic carbocycles. The van der Waals surface area contributed by atoms with Crippen LogP contribution >= 0.6 is 11.6 Å². The third-order valence-electron chi connectivity index (χ3n) is 5.56. The Balaban J connectivity index is 1.22. The van der Waals surface area contributed by atoms with Crippen LogP contribution in [-0.4, -0.2) is 27.2 Å². The van der Waals surface area contributed by atoms with Gasteiger partial charge in [-0.25, -0.2) is 0 Å². The number of halogens is 4. The van der Waals surface area contributed by atoms with Gasteiger partial charge < -0.3 is 10.3 Å². The third-order valence-corrected chi connectivity index (χ3v) is 5.93. The molecule has 2 aromatic heterocycles. The number of hydrogen-bond donors (Lipinski definition) is 2. The Kier molecular flexibility index (Phi) is 6.27. The number of amides is 1. The molecule has 0 atom stereocenters. The summed E-state index contributed by atoms with van der Waals surface area (Å²) in [4.78, 5) is 15.3. The summed E-state index contributed by atoms with van der Waals surface area (Å²) in [5.74, 6) is -0.00746. The fourth-order valence-electron chi connectivity index (χ4n) is 3.87. The number of fused-ring (bicyclic) bond motifs is 1. The zero-order valence-electron chi connectivity index (χ0n) is 16.9. The Hall–Kier alpha value is -2.48. The Bertz CT molecular complexity index is 1070. The minimum atomic E-state index is -4.56. The van der Waals surface area contributed by atoms with E-state index in [0.29, 0.717) is 25.1 Å². The maximum Gasteiger partial charge on any atom is 0.436 e. The quantitative estimate of drug-likeness (QED) is 0.424. The van der Waals surface area contributed by atoms with E-state index in [4.69, 9.17) is 11.6 Å². The second kappa shape index (κ2) is 8.94. The van der Waals surface area contributed by atoms with Gasteiger partial charge >= 0.3 is 6.18 Å². The highest BCUT2D eigenvalue weighted by molar-refractivity contribution is 6.32. The van der Waals surface area contributed by atoms with Gasteiger partial charge in [0.25, 0.3) is 0 Å². The van der Waals surface area contributed by atoms with Crippen LogP contribution in [-0.2, 0) is 23.9 Å². The predicted molar refractivity (Wildman–Crippen MR) is 113 cm³/mol. The second-order valence-electron chi connectivity index (χ2n) is 7.96. The van der Waals surface area contributed by atoms with Gasteiger partial charge in [0.2, 0.25) is 5.91 Å². The molecule has 166 valence electrons. The number of carbonyl (C=O) groups excluding carboxylic acids is 1. The molecular weight excluding hydrogens is 429 g/mol. The van der Waals surface area contributed by atoms with Crippen LogP contribution in [0.4, 0.5) is 13.2 Å². The van der Waals surface area contributed by atoms with E-state index in [-0.39, 0.29) is 23.4 Å². The second-order valence-corrected chi connectivity index (χ2v) is 8.34. The molecule has 0 radical (unpaired) electrons. The number of nitrogens with zero attached hydrogens (tertiary/aromatic N) is 2. The van der Waals surface area contributed by atoms with Crippen LogP contribution in [0.1, 0.15) is 55.0 Å². The minimum absolute atomic E-state index is 0.0511. The van der Waals surface area contributed by atoms with Crippen molar-refractivity contribution in [1.29, 1.82) is 0 Å². The van der Waals surface area contributed by atoms with E-state index in [1.54, 1.807) is 0 Å². The van der Waals surface area contributed by atoms with Crippen molar-refractivity contribution in [2.75, 3.05) is 6.54 Å². The van der Waals surface area contributed by atoms with Crippen molar-refractivity contribution in [2.45, 2.75) is 57.2 Å². The molecule has 0 spiro atoms. The SMILES string of the molecule is O=C(CCCc1c[nH]c2ccccc12)NCCCn1nc(C(F)(F)F)c(Cl)c1C1CC1. The van der Waals surface area contributed by atoms with Gasteiger partial charge in [-0.15, -0.1) is 0 Å². The van der Waals surface area contributed by atoms with Gasteiger partial charge in [0.1, 0.15) is 0 Å². The van der Waals surface area contributed by atoms with Crippen LogP contribution in [0.3, 0.4) is 0 Å². The van der Waals surface area contributed by atoms with E-state index in [1.165, 1.54) is 15.6 Å². The number of alkyl halides is 3. The predicted octanol–water partition coefficient (Wildman–Crippen LogP) is 5.44. The lowest BCUT2D eigenvalue weighted by Gasteiger charge is -2.08. The topological polar surface area (TPSA) is 62.7 Å². The van der Waals surface area contributed by atoms with Gasteiger partial charge in [-0.2, -0.15) is 18.3 Å². The lowest BCUT2D eigenvalue weighted by molar-refractivity contribution is -0.141. The van der Waals surface area contributed by atoms with Crippen LogP contribution in [0.25, 0.3) is 10.9 Å². The van der Waals surface area contributed by atoms with Crippen molar-refractivity contribution in [3.05, 3.63) is 52.4 Å². The zero-order chi connectivity index (χ0) is 22.0. The highest BCUT2D eigenvalue weighted by Crippen LogP contribution is 2.46. The first-order chi connectivity index (χ1) is 14.8. The molecule has 4 rings (SSSR count). The molecule has 31 heavy (non-hydrogen) atoms. The van der Waals surface area contributed by atoms with E-state index in [2.05, 4.69) is 21.5 Å². The first-order valence-corrected chi connectivity index (χ1v) is 10.9. The molecule has 3 aromatic rings. The average molecular weight is 453 g/mol. The fraction of sp³-hybridized carbons (Fsp3) is 0.455. The number of para-hydroxylation sites is 1. The number of aryl methyl sites for hydroxylation is 2. The highest BCUT2D eigenvalue weighted by Gasteiger charge is 2.41. The number of H-pyrrole nitrogens is 1. The van der Waals surface area contributed by atoms with Crippen molar-refractivity contribution in [1.82, 2.24) is 20.1 Å². The smallest absolute Gasteiger partial charge is 0.361 e. The Labute approximate surface area is 183 Å². The zero-order valence-corrected chi connectivity index (χ0v) is 17.7. The summed E-state index contributed by atoms with van der Waals surface area (Å²) < 4.78 is 40.7. The summed E-state index contributed by atoms with van der Waals surface area (Å²) in [6, 6.07) is 8.05. The van der Waals surface area contributed by atoms with Crippen LogP contribution < -0.4 is 5.32 Å². The molecule has 1 saturated carbocycles. The number of benzene rings is 1. The Morgan fingerprint density at radius 1 is 1.26 bits per heavy atom. The number of carbonyl (C=O) groups is 1. The number of nitrogens with one attached hydrogen (secondary N) is 2. The number of rotatable bonds is 9. The lowest BCUT2D eigenvalue weighted by atomic mass is 10.1. The summed E-state index contributed by atoms with van der Waals surface area (Å²) in [6.07, 6.45) is 1.49. The molecule has 2 N–H and O–H groups in total. The molecule has 1 amide bonds. The van der Waals surface area contributed by atoms with Gasteiger partial charge in [-0.05, 0) is 43.7 Å². The van der Waals surface area contributed by atoms with Crippen molar-refractivity contribution < 1.29 is 18.0 Å². The molecule has 5 nitrogen and oxygen atoms in total. The summed E-state index contributed by atoms with van der Waals surface area (Å²) in [6.45, 7) is 0.673. The van der Waals surface area contributed by atoms with Crippen LogP contribution in [0.2, 0.25) is 5.02 Å². The van der Waals surface area contributed by atoms with Gasteiger partial charge in [0, 0.05) is 42.5 Å². The molecule has 1 aromatic carbocycles. The molecule has 2 heterocycles. The van der Waals surface area contributed by atoms with Gasteiger partial charge in [-0.1, -0.05) is 29.8 Å². The van der Waals surface area contributed by atoms with E-state index >= 15 is 0 Å². The van der Waals surface area contributed by atoms with E-state index in [9.17, 15) is 18.0 Å². The maximum absolute atomic E-state index is 13.1. The van der Waals surface area contributed by atoms with E-state index in [1.807, 2.05) is 24.4 Å². The van der Waals surface area contributed by atoms with Crippen LogP contribution in [0.15, 0.2) is 30.5 Å². The van der Waals surface area contributed by atoms with Gasteiger partial charge in [0.05, 0.1) is 10.7 Å². The van der Waals surface area contributed by atoms with E-state index < -0.39 is 11.9 Å². The van der Waals surface area contributed by atoms with Crippen molar-refractivity contribution in [3.63, 3.8) is 0 Å². The maximum atomic E-state index is 13.1. The summed E-state index contributed by atoms with van der Waals surface area (Å²) in [5.41, 5.74) is 1.73. The fourth-order valence-corrected chi connectivity index (χ4v) is 4.27. The standard InChI is InChI=1S/C22H24ClF3N4O/c23-19-20(14-9-10-14)30(29-21(19)22(24,25)26)12-4-11-27-18(31)8-3-5-15-13-28-17-7-2-1-6-16(15)17/h1-2,6-7,13-14,28H,3-5,8-12H2,(H,27,31). The highest BCUT2D eigenvalue weighted by atomic mass is 35.5. The Morgan fingerprint density at radius 2 is 2.03 bits per heavy atom. The number of hydrogen-bond acceptors (Lipinski definition) is 2. The van der Waals surface area contributed by atoms with Gasteiger partial charge in [0.15, 0.2) is 5.69 Å². The van der Waals surface area contributed by atoms with Crippen LogP contribution in [0, 0.1) is 0 Å². The average Bonchev–Trinajstić information content (AvgIpc) is 3.38. The first kappa shape index (κ1) is 21.7. The largest absolute Gasteiger partial charge is 0.436 e. The molecule has 0 unspecified atom stereocenters. The van der Waals surface area contributed by atoms with E-state index in [0.717, 1.165) is 31.2 Å². The lowest BCUT2D eigenvalue weighted by Crippen LogP contribution is -2.25. The Morgan fingerprint density at radius 3 is 2.77 bits per heavy atom. The monoisotopic (exact) mass is 452 g/mol. The first-order valence-electron chi connectivity index (χ1n) is 10.5. The molecule has 9 heteroatoms. The minimum Gasteiger partial charge on any atom is -0.361 e. The molecular formula is C22H24ClF3N4O. The van der Waals surface area contributed by atoms with Crippen molar-refractivity contribution in [2.24, 2.45) is 0 Å². The number of aromatic amines is 1.